The van der Waals surface area contributed by atoms with Crippen LogP contribution in [0.4, 0.5) is 0 Å². The standard InChI is InChI=1S/C22H21ClN6OS/c1-3-25-14-10-29(11-14)22(30)19-20(13-5-4-8-24-9-13)31-21(26-19)18-15-6-7-16(23)12(2)17(15)27-28-18/h4-9,14,25H,3,10-11H2,1-2H3,(H,27,28). The lowest BCUT2D eigenvalue weighted by Gasteiger charge is -2.39. The van der Waals surface area contributed by atoms with Gasteiger partial charge in [0.15, 0.2) is 0 Å². The summed E-state index contributed by atoms with van der Waals surface area (Å²) < 4.78 is 0. The number of benzene rings is 1. The molecule has 3 aromatic heterocycles. The number of nitrogens with zero attached hydrogens (tertiary/aromatic N) is 4. The Bertz CT molecular complexity index is 1260. The first-order valence-corrected chi connectivity index (χ1v) is 11.3. The highest BCUT2D eigenvalue weighted by Gasteiger charge is 2.34. The first kappa shape index (κ1) is 20.1. The maximum Gasteiger partial charge on any atom is 0.274 e. The van der Waals surface area contributed by atoms with Crippen LogP contribution in [0.15, 0.2) is 36.7 Å². The molecule has 0 unspecified atom stereocenters. The SMILES string of the molecule is CCNC1CN(C(=O)c2nc(-c3[nH]nc4c(C)c(Cl)ccc34)sc2-c2cccnc2)C1. The second-order valence-electron chi connectivity index (χ2n) is 7.57. The topological polar surface area (TPSA) is 86.8 Å². The fourth-order valence-corrected chi connectivity index (χ4v) is 5.04. The van der Waals surface area contributed by atoms with Gasteiger partial charge in [-0.1, -0.05) is 24.6 Å². The average Bonchev–Trinajstić information content (AvgIpc) is 3.38. The summed E-state index contributed by atoms with van der Waals surface area (Å²) in [6, 6.07) is 7.96. The van der Waals surface area contributed by atoms with E-state index in [9.17, 15) is 4.79 Å². The Morgan fingerprint density at radius 3 is 2.94 bits per heavy atom. The van der Waals surface area contributed by atoms with Crippen molar-refractivity contribution in [2.45, 2.75) is 19.9 Å². The first-order valence-electron chi connectivity index (χ1n) is 10.1. The predicted octanol–water partition coefficient (Wildman–Crippen LogP) is 4.14. The third-order valence-corrected chi connectivity index (χ3v) is 7.07. The fourth-order valence-electron chi connectivity index (χ4n) is 3.83. The number of aromatic amines is 1. The van der Waals surface area contributed by atoms with Crippen LogP contribution in [0.3, 0.4) is 0 Å². The van der Waals surface area contributed by atoms with E-state index in [1.807, 2.05) is 36.1 Å². The van der Waals surface area contributed by atoms with E-state index in [1.54, 1.807) is 12.4 Å². The number of rotatable bonds is 5. The second-order valence-corrected chi connectivity index (χ2v) is 8.98. The number of fused-ring (bicyclic) bond motifs is 1. The van der Waals surface area contributed by atoms with Gasteiger partial charge in [-0.05, 0) is 37.2 Å². The molecule has 1 aliphatic heterocycles. The van der Waals surface area contributed by atoms with Gasteiger partial charge in [-0.15, -0.1) is 11.3 Å². The lowest BCUT2D eigenvalue weighted by Crippen LogP contribution is -2.59. The summed E-state index contributed by atoms with van der Waals surface area (Å²) >= 11 is 7.72. The number of aryl methyl sites for hydroxylation is 1. The van der Waals surface area contributed by atoms with Crippen molar-refractivity contribution in [2.75, 3.05) is 19.6 Å². The summed E-state index contributed by atoms with van der Waals surface area (Å²) in [5.74, 6) is -0.0569. The van der Waals surface area contributed by atoms with E-state index in [2.05, 4.69) is 27.4 Å². The van der Waals surface area contributed by atoms with Gasteiger partial charge in [0.05, 0.1) is 10.4 Å². The van der Waals surface area contributed by atoms with Crippen LogP contribution in [-0.4, -0.2) is 56.6 Å². The van der Waals surface area contributed by atoms with Crippen LogP contribution in [0.25, 0.3) is 32.0 Å². The molecule has 0 saturated carbocycles. The number of likely N-dealkylation sites (tertiary alicyclic amines) is 1. The summed E-state index contributed by atoms with van der Waals surface area (Å²) in [7, 11) is 0. The number of hydrogen-bond acceptors (Lipinski definition) is 6. The normalized spacial score (nSPS) is 14.2. The van der Waals surface area contributed by atoms with Crippen LogP contribution in [0.5, 0.6) is 0 Å². The Kier molecular flexibility index (Phi) is 5.21. The molecule has 1 saturated heterocycles. The zero-order chi connectivity index (χ0) is 21.5. The highest BCUT2D eigenvalue weighted by Crippen LogP contribution is 2.39. The van der Waals surface area contributed by atoms with Crippen molar-refractivity contribution in [2.24, 2.45) is 0 Å². The minimum atomic E-state index is -0.0569. The number of carbonyl (C=O) groups excluding carboxylic acids is 1. The van der Waals surface area contributed by atoms with E-state index < -0.39 is 0 Å². The lowest BCUT2D eigenvalue weighted by atomic mass is 10.1. The average molecular weight is 453 g/mol. The van der Waals surface area contributed by atoms with Crippen LogP contribution in [-0.2, 0) is 0 Å². The summed E-state index contributed by atoms with van der Waals surface area (Å²) in [6.07, 6.45) is 3.49. The van der Waals surface area contributed by atoms with Gasteiger partial charge in [0.1, 0.15) is 16.4 Å². The van der Waals surface area contributed by atoms with Crippen molar-refractivity contribution in [3.63, 3.8) is 0 Å². The van der Waals surface area contributed by atoms with Crippen molar-refractivity contribution >= 4 is 39.7 Å². The van der Waals surface area contributed by atoms with Crippen molar-refractivity contribution in [1.29, 1.82) is 0 Å². The van der Waals surface area contributed by atoms with Crippen molar-refractivity contribution in [3.05, 3.63) is 52.9 Å². The predicted molar refractivity (Wildman–Crippen MR) is 124 cm³/mol. The van der Waals surface area contributed by atoms with Crippen LogP contribution in [0.1, 0.15) is 23.0 Å². The molecular formula is C22H21ClN6OS. The molecule has 2 N–H and O–H groups in total. The Labute approximate surface area is 188 Å². The third-order valence-electron chi connectivity index (χ3n) is 5.54. The molecule has 5 rings (SSSR count). The zero-order valence-electron chi connectivity index (χ0n) is 17.1. The molecule has 4 heterocycles. The van der Waals surface area contributed by atoms with Crippen LogP contribution in [0, 0.1) is 6.92 Å². The molecule has 7 nitrogen and oxygen atoms in total. The maximum absolute atomic E-state index is 13.3. The number of nitrogens with one attached hydrogen (secondary N) is 2. The molecule has 0 atom stereocenters. The number of carbonyl (C=O) groups is 1. The summed E-state index contributed by atoms with van der Waals surface area (Å²) in [5, 5.41) is 13.2. The quantitative estimate of drug-likeness (QED) is 0.475. The van der Waals surface area contributed by atoms with Gasteiger partial charge in [-0.25, -0.2) is 4.98 Å². The number of amides is 1. The zero-order valence-corrected chi connectivity index (χ0v) is 18.7. The lowest BCUT2D eigenvalue weighted by molar-refractivity contribution is 0.0565. The van der Waals surface area contributed by atoms with Crippen LogP contribution < -0.4 is 5.32 Å². The summed E-state index contributed by atoms with van der Waals surface area (Å²) in [6.45, 7) is 6.29. The number of thiazole rings is 1. The van der Waals surface area contributed by atoms with Crippen molar-refractivity contribution < 1.29 is 4.79 Å². The summed E-state index contributed by atoms with van der Waals surface area (Å²) in [5.41, 5.74) is 3.85. The molecular weight excluding hydrogens is 432 g/mol. The molecule has 0 aliphatic carbocycles. The minimum Gasteiger partial charge on any atom is -0.334 e. The molecule has 1 fully saturated rings. The number of pyridine rings is 1. The highest BCUT2D eigenvalue weighted by molar-refractivity contribution is 7.18. The van der Waals surface area contributed by atoms with Crippen LogP contribution in [0.2, 0.25) is 5.02 Å². The molecule has 1 amide bonds. The van der Waals surface area contributed by atoms with E-state index >= 15 is 0 Å². The number of likely N-dealkylation sites (N-methyl/N-ethyl adjacent to an activating group) is 1. The Morgan fingerprint density at radius 2 is 2.19 bits per heavy atom. The maximum atomic E-state index is 13.3. The molecule has 158 valence electrons. The monoisotopic (exact) mass is 452 g/mol. The Hall–Kier alpha value is -2.81. The van der Waals surface area contributed by atoms with Crippen molar-refractivity contribution in [1.82, 2.24) is 30.4 Å². The minimum absolute atomic E-state index is 0.0569. The molecule has 0 radical (unpaired) electrons. The van der Waals surface area contributed by atoms with Gasteiger partial charge in [-0.3, -0.25) is 14.9 Å². The van der Waals surface area contributed by atoms with Crippen LogP contribution >= 0.6 is 22.9 Å². The molecule has 1 aliphatic rings. The van der Waals surface area contributed by atoms with E-state index in [0.717, 1.165) is 44.2 Å². The smallest absolute Gasteiger partial charge is 0.274 e. The molecule has 4 aromatic rings. The molecule has 31 heavy (non-hydrogen) atoms. The summed E-state index contributed by atoms with van der Waals surface area (Å²) in [4.78, 5) is 25.0. The number of H-pyrrole nitrogens is 1. The van der Waals surface area contributed by atoms with Gasteiger partial charge < -0.3 is 10.2 Å². The van der Waals surface area contributed by atoms with E-state index in [4.69, 9.17) is 16.6 Å². The largest absolute Gasteiger partial charge is 0.334 e. The van der Waals surface area contributed by atoms with Gasteiger partial charge in [-0.2, -0.15) is 5.10 Å². The molecule has 9 heteroatoms. The van der Waals surface area contributed by atoms with Gasteiger partial charge in [0.2, 0.25) is 0 Å². The highest BCUT2D eigenvalue weighted by atomic mass is 35.5. The van der Waals surface area contributed by atoms with E-state index in [-0.39, 0.29) is 5.91 Å². The van der Waals surface area contributed by atoms with Gasteiger partial charge in [0.25, 0.3) is 5.91 Å². The number of hydrogen-bond donors (Lipinski definition) is 2. The Morgan fingerprint density at radius 1 is 1.35 bits per heavy atom. The van der Waals surface area contributed by atoms with E-state index in [0.29, 0.717) is 29.8 Å². The van der Waals surface area contributed by atoms with Crippen molar-refractivity contribution in [3.8, 4) is 21.1 Å². The van der Waals surface area contributed by atoms with E-state index in [1.165, 1.54) is 11.3 Å². The number of halogens is 1. The number of aromatic nitrogens is 4. The molecule has 1 aromatic carbocycles. The second kappa shape index (κ2) is 8.03. The van der Waals surface area contributed by atoms with Gasteiger partial charge >= 0.3 is 0 Å². The third kappa shape index (κ3) is 3.50. The van der Waals surface area contributed by atoms with Gasteiger partial charge in [0, 0.05) is 47.5 Å². The Balaban J connectivity index is 1.58. The molecule has 0 spiro atoms. The molecule has 0 bridgehead atoms. The fraction of sp³-hybridized carbons (Fsp3) is 0.273. The first-order chi connectivity index (χ1) is 15.1.